The molecule has 3 heterocycles. The van der Waals surface area contributed by atoms with E-state index in [9.17, 15) is 0 Å². The third kappa shape index (κ3) is 4.76. The van der Waals surface area contributed by atoms with Crippen LogP contribution in [0.4, 0.5) is 0 Å². The molecule has 252 valence electrons. The number of hydrogen-bond donors (Lipinski definition) is 0. The topological polar surface area (TPSA) is 65.0 Å². The average Bonchev–Trinajstić information content (AvgIpc) is 3.83. The maximum Gasteiger partial charge on any atom is 0.164 e. The monoisotopic (exact) mass is 691 g/mol. The van der Waals surface area contributed by atoms with Crippen molar-refractivity contribution in [1.29, 1.82) is 0 Å². The standard InChI is InChI=1S/C49H29N3O2/c1-3-14-30(15-4-1)32-26-27-35(34-19-8-7-18-33(32)34)36-28-29-40(45-38-21-10-12-24-42(38)54-46(36)45)49-51-47(31-16-5-2-6-17-31)50-48(52-49)39-22-13-25-43-44(39)37-20-9-11-23-41(37)53-43/h1-29H. The van der Waals surface area contributed by atoms with Gasteiger partial charge in [0.25, 0.3) is 0 Å². The maximum absolute atomic E-state index is 6.81. The summed E-state index contributed by atoms with van der Waals surface area (Å²) in [6.45, 7) is 0. The van der Waals surface area contributed by atoms with Crippen LogP contribution in [0.5, 0.6) is 0 Å². The molecule has 5 heteroatoms. The normalized spacial score (nSPS) is 11.7. The Kier molecular flexibility index (Phi) is 6.79. The number of hydrogen-bond acceptors (Lipinski definition) is 5. The summed E-state index contributed by atoms with van der Waals surface area (Å²) in [6.07, 6.45) is 0. The molecule has 0 aliphatic rings. The van der Waals surface area contributed by atoms with Crippen molar-refractivity contribution in [3.05, 3.63) is 176 Å². The van der Waals surface area contributed by atoms with Gasteiger partial charge in [-0.3, -0.25) is 0 Å². The number of nitrogens with zero attached hydrogens (tertiary/aromatic N) is 3. The molecule has 0 amide bonds. The Bertz CT molecular complexity index is 3220. The lowest BCUT2D eigenvalue weighted by atomic mass is 9.90. The molecule has 0 saturated heterocycles. The second-order valence-electron chi connectivity index (χ2n) is 13.5. The van der Waals surface area contributed by atoms with Gasteiger partial charge in [-0.2, -0.15) is 0 Å². The zero-order chi connectivity index (χ0) is 35.6. The minimum atomic E-state index is 0.566. The predicted octanol–water partition coefficient (Wildman–Crippen LogP) is 13.2. The van der Waals surface area contributed by atoms with Crippen molar-refractivity contribution in [3.8, 4) is 56.4 Å². The quantitative estimate of drug-likeness (QED) is 0.180. The third-order valence-electron chi connectivity index (χ3n) is 10.4. The lowest BCUT2D eigenvalue weighted by Crippen LogP contribution is -2.01. The van der Waals surface area contributed by atoms with Crippen molar-refractivity contribution in [1.82, 2.24) is 15.0 Å². The average molecular weight is 692 g/mol. The van der Waals surface area contributed by atoms with E-state index < -0.39 is 0 Å². The van der Waals surface area contributed by atoms with Crippen molar-refractivity contribution in [2.75, 3.05) is 0 Å². The van der Waals surface area contributed by atoms with Crippen molar-refractivity contribution in [2.24, 2.45) is 0 Å². The molecular formula is C49H29N3O2. The summed E-state index contributed by atoms with van der Waals surface area (Å²) >= 11 is 0. The highest BCUT2D eigenvalue weighted by atomic mass is 16.3. The molecule has 0 radical (unpaired) electrons. The van der Waals surface area contributed by atoms with Gasteiger partial charge in [0, 0.05) is 43.8 Å². The third-order valence-corrected chi connectivity index (χ3v) is 10.4. The molecule has 0 fully saturated rings. The van der Waals surface area contributed by atoms with Crippen molar-refractivity contribution in [3.63, 3.8) is 0 Å². The van der Waals surface area contributed by atoms with Crippen LogP contribution < -0.4 is 0 Å². The summed E-state index contributed by atoms with van der Waals surface area (Å²) in [6, 6.07) is 60.3. The van der Waals surface area contributed by atoms with Crippen molar-refractivity contribution < 1.29 is 8.83 Å². The molecule has 0 N–H and O–H groups in total. The van der Waals surface area contributed by atoms with Gasteiger partial charge in [-0.1, -0.05) is 146 Å². The van der Waals surface area contributed by atoms with Gasteiger partial charge in [0.15, 0.2) is 17.5 Å². The van der Waals surface area contributed by atoms with E-state index in [1.54, 1.807) is 0 Å². The number of fused-ring (bicyclic) bond motifs is 7. The Morgan fingerprint density at radius 1 is 0.278 bits per heavy atom. The molecular weight excluding hydrogens is 663 g/mol. The molecule has 11 rings (SSSR count). The van der Waals surface area contributed by atoms with Gasteiger partial charge >= 0.3 is 0 Å². The molecule has 0 atom stereocenters. The first-order valence-corrected chi connectivity index (χ1v) is 18.0. The van der Waals surface area contributed by atoms with Crippen LogP contribution in [0.15, 0.2) is 185 Å². The summed E-state index contributed by atoms with van der Waals surface area (Å²) in [5.41, 5.74) is 10.3. The van der Waals surface area contributed by atoms with E-state index in [4.69, 9.17) is 23.8 Å². The summed E-state index contributed by atoms with van der Waals surface area (Å²) in [5, 5.41) is 6.30. The highest BCUT2D eigenvalue weighted by molar-refractivity contribution is 6.18. The van der Waals surface area contributed by atoms with Gasteiger partial charge in [0.1, 0.15) is 22.3 Å². The lowest BCUT2D eigenvalue weighted by molar-refractivity contribution is 0.669. The smallest absolute Gasteiger partial charge is 0.164 e. The van der Waals surface area contributed by atoms with E-state index in [0.717, 1.165) is 77.1 Å². The fourth-order valence-corrected chi connectivity index (χ4v) is 7.92. The van der Waals surface area contributed by atoms with Crippen molar-refractivity contribution >= 4 is 54.6 Å². The van der Waals surface area contributed by atoms with Crippen molar-refractivity contribution in [2.45, 2.75) is 0 Å². The molecule has 8 aromatic carbocycles. The van der Waals surface area contributed by atoms with Crippen LogP contribution in [0.2, 0.25) is 0 Å². The van der Waals surface area contributed by atoms with E-state index in [-0.39, 0.29) is 0 Å². The number of benzene rings is 8. The Hall–Kier alpha value is -7.37. The van der Waals surface area contributed by atoms with Gasteiger partial charge < -0.3 is 8.83 Å². The Morgan fingerprint density at radius 3 is 1.48 bits per heavy atom. The summed E-state index contributed by atoms with van der Waals surface area (Å²) in [4.78, 5) is 15.6. The second kappa shape index (κ2) is 12.1. The van der Waals surface area contributed by atoms with Gasteiger partial charge in [-0.05, 0) is 57.8 Å². The molecule has 0 spiro atoms. The minimum Gasteiger partial charge on any atom is -0.456 e. The zero-order valence-electron chi connectivity index (χ0n) is 28.9. The molecule has 0 aliphatic heterocycles. The molecule has 0 aliphatic carbocycles. The van der Waals surface area contributed by atoms with E-state index in [1.165, 1.54) is 16.5 Å². The van der Waals surface area contributed by atoms with E-state index in [1.807, 2.05) is 72.8 Å². The number of para-hydroxylation sites is 2. The predicted molar refractivity (Wildman–Crippen MR) is 219 cm³/mol. The Balaban J connectivity index is 1.18. The number of aromatic nitrogens is 3. The molecule has 0 saturated carbocycles. The van der Waals surface area contributed by atoms with Crippen LogP contribution in [0.25, 0.3) is 111 Å². The first-order valence-electron chi connectivity index (χ1n) is 18.0. The van der Waals surface area contributed by atoms with E-state index in [0.29, 0.717) is 17.5 Å². The van der Waals surface area contributed by atoms with Crippen LogP contribution >= 0.6 is 0 Å². The largest absolute Gasteiger partial charge is 0.456 e. The fourth-order valence-electron chi connectivity index (χ4n) is 7.92. The van der Waals surface area contributed by atoms with Crippen LogP contribution in [-0.2, 0) is 0 Å². The lowest BCUT2D eigenvalue weighted by Gasteiger charge is -2.14. The molecule has 11 aromatic rings. The molecule has 0 unspecified atom stereocenters. The van der Waals surface area contributed by atoms with Gasteiger partial charge in [0.2, 0.25) is 0 Å². The van der Waals surface area contributed by atoms with Crippen LogP contribution in [-0.4, -0.2) is 15.0 Å². The Labute approximate surface area is 309 Å². The first-order chi connectivity index (χ1) is 26.8. The number of furan rings is 2. The van der Waals surface area contributed by atoms with Crippen LogP contribution in [0, 0.1) is 0 Å². The summed E-state index contributed by atoms with van der Waals surface area (Å²) in [7, 11) is 0. The molecule has 54 heavy (non-hydrogen) atoms. The van der Waals surface area contributed by atoms with Gasteiger partial charge in [-0.25, -0.2) is 15.0 Å². The van der Waals surface area contributed by atoms with E-state index in [2.05, 4.69) is 103 Å². The number of rotatable bonds is 5. The Morgan fingerprint density at radius 2 is 0.759 bits per heavy atom. The highest BCUT2D eigenvalue weighted by Gasteiger charge is 2.23. The fraction of sp³-hybridized carbons (Fsp3) is 0. The van der Waals surface area contributed by atoms with Crippen LogP contribution in [0.1, 0.15) is 0 Å². The zero-order valence-corrected chi connectivity index (χ0v) is 28.9. The maximum atomic E-state index is 6.81. The second-order valence-corrected chi connectivity index (χ2v) is 13.5. The minimum absolute atomic E-state index is 0.566. The first kappa shape index (κ1) is 30.3. The molecule has 0 bridgehead atoms. The summed E-state index contributed by atoms with van der Waals surface area (Å²) < 4.78 is 13.1. The summed E-state index contributed by atoms with van der Waals surface area (Å²) in [5.74, 6) is 1.73. The molecule has 5 nitrogen and oxygen atoms in total. The SMILES string of the molecule is c1ccc(-c2nc(-c3cccc4oc5ccccc5c34)nc(-c3ccc(-c4ccc(-c5ccccc5)c5ccccc45)c4oc5ccccc5c34)n2)cc1. The van der Waals surface area contributed by atoms with E-state index >= 15 is 0 Å². The van der Waals surface area contributed by atoms with Gasteiger partial charge in [0.05, 0.1) is 0 Å². The van der Waals surface area contributed by atoms with Gasteiger partial charge in [-0.15, -0.1) is 0 Å². The highest BCUT2D eigenvalue weighted by Crippen LogP contribution is 2.45. The molecule has 3 aromatic heterocycles. The van der Waals surface area contributed by atoms with Crippen LogP contribution in [0.3, 0.4) is 0 Å².